The Morgan fingerprint density at radius 2 is 1.50 bits per heavy atom. The van der Waals surface area contributed by atoms with E-state index >= 15 is 0 Å². The van der Waals surface area contributed by atoms with Crippen LogP contribution >= 0.6 is 0 Å². The van der Waals surface area contributed by atoms with Crippen LogP contribution in [-0.4, -0.2) is 11.7 Å². The van der Waals surface area contributed by atoms with Crippen molar-refractivity contribution in [3.63, 3.8) is 0 Å². The summed E-state index contributed by atoms with van der Waals surface area (Å²) in [5.41, 5.74) is 2.77. The van der Waals surface area contributed by atoms with E-state index in [-0.39, 0.29) is 17.4 Å². The molecule has 5 heteroatoms. The predicted octanol–water partition coefficient (Wildman–Crippen LogP) is 7.34. The van der Waals surface area contributed by atoms with E-state index < -0.39 is 0 Å². The number of nitro benzene ring substituents is 1. The Bertz CT molecular complexity index is 1230. The summed E-state index contributed by atoms with van der Waals surface area (Å²) < 4.78 is 11.5. The molecule has 0 spiro atoms. The van der Waals surface area contributed by atoms with Crippen LogP contribution in [0, 0.1) is 10.1 Å². The highest BCUT2D eigenvalue weighted by Gasteiger charge is 2.14. The van der Waals surface area contributed by atoms with E-state index in [0.717, 1.165) is 23.1 Å². The third-order valence-corrected chi connectivity index (χ3v) is 5.73. The number of nitrogens with zero attached hydrogens (tertiary/aromatic N) is 1. The molecule has 4 aromatic rings. The summed E-state index contributed by atoms with van der Waals surface area (Å²) in [4.78, 5) is 10.9. The molecule has 0 amide bonds. The molecule has 0 aromatic heterocycles. The van der Waals surface area contributed by atoms with Crippen molar-refractivity contribution >= 4 is 16.5 Å². The molecule has 0 heterocycles. The molecule has 162 valence electrons. The molecule has 0 aliphatic heterocycles. The van der Waals surface area contributed by atoms with Crippen molar-refractivity contribution in [1.82, 2.24) is 0 Å². The lowest BCUT2D eigenvalue weighted by Crippen LogP contribution is -2.05. The van der Waals surface area contributed by atoms with Gasteiger partial charge in [0, 0.05) is 6.07 Å². The van der Waals surface area contributed by atoms with Crippen molar-refractivity contribution in [3.8, 4) is 22.6 Å². The van der Waals surface area contributed by atoms with Crippen LogP contribution in [-0.2, 0) is 0 Å². The van der Waals surface area contributed by atoms with Crippen LogP contribution in [0.2, 0.25) is 0 Å². The molecule has 1 unspecified atom stereocenters. The average molecular weight is 428 g/mol. The van der Waals surface area contributed by atoms with E-state index in [1.54, 1.807) is 30.3 Å². The van der Waals surface area contributed by atoms with Gasteiger partial charge in [0.2, 0.25) is 6.79 Å². The molecule has 0 fully saturated rings. The SMILES string of the molecule is CCC(C)c1ccc2cc(OCOc3ccc(-c4ccccc4[N+](=O)[O-])cc3)ccc2c1. The third kappa shape index (κ3) is 4.72. The maximum absolute atomic E-state index is 11.2. The van der Waals surface area contributed by atoms with Crippen molar-refractivity contribution in [2.45, 2.75) is 26.2 Å². The quantitative estimate of drug-likeness (QED) is 0.168. The van der Waals surface area contributed by atoms with Crippen LogP contribution in [0.5, 0.6) is 11.5 Å². The first-order valence-electron chi connectivity index (χ1n) is 10.7. The summed E-state index contributed by atoms with van der Waals surface area (Å²) in [6.07, 6.45) is 1.12. The Balaban J connectivity index is 1.39. The second kappa shape index (κ2) is 9.52. The van der Waals surface area contributed by atoms with E-state index in [4.69, 9.17) is 9.47 Å². The minimum Gasteiger partial charge on any atom is -0.458 e. The number of hydrogen-bond acceptors (Lipinski definition) is 4. The van der Waals surface area contributed by atoms with Crippen LogP contribution in [0.1, 0.15) is 31.7 Å². The van der Waals surface area contributed by atoms with E-state index in [1.165, 1.54) is 17.0 Å². The number of nitro groups is 1. The topological polar surface area (TPSA) is 61.6 Å². The number of para-hydroxylation sites is 1. The number of hydrogen-bond donors (Lipinski definition) is 0. The summed E-state index contributed by atoms with van der Waals surface area (Å²) in [6, 6.07) is 26.4. The Labute approximate surface area is 187 Å². The van der Waals surface area contributed by atoms with Crippen molar-refractivity contribution in [3.05, 3.63) is 101 Å². The van der Waals surface area contributed by atoms with Gasteiger partial charge in [-0.3, -0.25) is 10.1 Å². The highest BCUT2D eigenvalue weighted by molar-refractivity contribution is 5.84. The number of fused-ring (bicyclic) bond motifs is 1. The first-order chi connectivity index (χ1) is 15.5. The zero-order valence-corrected chi connectivity index (χ0v) is 18.2. The molecule has 0 saturated heterocycles. The van der Waals surface area contributed by atoms with E-state index in [0.29, 0.717) is 17.2 Å². The van der Waals surface area contributed by atoms with Gasteiger partial charge in [-0.2, -0.15) is 0 Å². The molecular formula is C27H25NO4. The Kier molecular flexibility index (Phi) is 6.36. The fourth-order valence-corrected chi connectivity index (χ4v) is 3.65. The van der Waals surface area contributed by atoms with Gasteiger partial charge in [0.05, 0.1) is 10.5 Å². The lowest BCUT2D eigenvalue weighted by atomic mass is 9.96. The first-order valence-corrected chi connectivity index (χ1v) is 10.7. The normalized spacial score (nSPS) is 11.8. The molecule has 0 N–H and O–H groups in total. The molecule has 32 heavy (non-hydrogen) atoms. The lowest BCUT2D eigenvalue weighted by Gasteiger charge is -2.12. The second-order valence-electron chi connectivity index (χ2n) is 7.78. The standard InChI is InChI=1S/C27H25NO4/c1-3-19(2)21-8-9-23-17-25(15-12-22(23)16-21)32-18-31-24-13-10-20(11-14-24)26-6-4-5-7-27(26)28(29)30/h4-17,19H,3,18H2,1-2H3. The number of rotatable bonds is 8. The van der Waals surface area contributed by atoms with Gasteiger partial charge in [-0.25, -0.2) is 0 Å². The molecular weight excluding hydrogens is 402 g/mol. The molecule has 0 saturated carbocycles. The van der Waals surface area contributed by atoms with Crippen LogP contribution in [0.15, 0.2) is 84.9 Å². The Morgan fingerprint density at radius 1 is 0.844 bits per heavy atom. The molecule has 4 aromatic carbocycles. The van der Waals surface area contributed by atoms with Crippen LogP contribution in [0.4, 0.5) is 5.69 Å². The van der Waals surface area contributed by atoms with Crippen LogP contribution < -0.4 is 9.47 Å². The summed E-state index contributed by atoms with van der Waals surface area (Å²) in [5, 5.41) is 13.6. The third-order valence-electron chi connectivity index (χ3n) is 5.73. The van der Waals surface area contributed by atoms with Gasteiger partial charge in [-0.15, -0.1) is 0 Å². The molecule has 1 atom stereocenters. The zero-order valence-electron chi connectivity index (χ0n) is 18.2. The minimum absolute atomic E-state index is 0.0707. The van der Waals surface area contributed by atoms with E-state index in [9.17, 15) is 10.1 Å². The molecule has 0 radical (unpaired) electrons. The van der Waals surface area contributed by atoms with Crippen molar-refractivity contribution in [2.24, 2.45) is 0 Å². The predicted molar refractivity (Wildman–Crippen MR) is 127 cm³/mol. The summed E-state index contributed by atoms with van der Waals surface area (Å²) >= 11 is 0. The maximum Gasteiger partial charge on any atom is 0.277 e. The van der Waals surface area contributed by atoms with Gasteiger partial charge in [-0.1, -0.05) is 62.4 Å². The maximum atomic E-state index is 11.2. The largest absolute Gasteiger partial charge is 0.458 e. The van der Waals surface area contributed by atoms with E-state index in [2.05, 4.69) is 38.1 Å². The van der Waals surface area contributed by atoms with E-state index in [1.807, 2.05) is 24.3 Å². The highest BCUT2D eigenvalue weighted by Crippen LogP contribution is 2.31. The monoisotopic (exact) mass is 427 g/mol. The van der Waals surface area contributed by atoms with Crippen molar-refractivity contribution in [2.75, 3.05) is 6.79 Å². The Morgan fingerprint density at radius 3 is 2.25 bits per heavy atom. The molecule has 0 aliphatic rings. The van der Waals surface area contributed by atoms with Gasteiger partial charge in [0.15, 0.2) is 0 Å². The van der Waals surface area contributed by atoms with Gasteiger partial charge in [0.1, 0.15) is 11.5 Å². The molecule has 0 aliphatic carbocycles. The number of benzene rings is 4. The number of ether oxygens (including phenoxy) is 2. The van der Waals surface area contributed by atoms with Crippen molar-refractivity contribution < 1.29 is 14.4 Å². The van der Waals surface area contributed by atoms with Crippen molar-refractivity contribution in [1.29, 1.82) is 0 Å². The van der Waals surface area contributed by atoms with Crippen LogP contribution in [0.25, 0.3) is 21.9 Å². The molecule has 4 rings (SSSR count). The second-order valence-corrected chi connectivity index (χ2v) is 7.78. The van der Waals surface area contributed by atoms with Gasteiger partial charge in [0.25, 0.3) is 5.69 Å². The fraction of sp³-hybridized carbons (Fsp3) is 0.185. The zero-order chi connectivity index (χ0) is 22.5. The summed E-state index contributed by atoms with van der Waals surface area (Å²) in [7, 11) is 0. The molecule has 5 nitrogen and oxygen atoms in total. The fourth-order valence-electron chi connectivity index (χ4n) is 3.65. The lowest BCUT2D eigenvalue weighted by molar-refractivity contribution is -0.384. The minimum atomic E-state index is -0.373. The molecule has 0 bridgehead atoms. The smallest absolute Gasteiger partial charge is 0.277 e. The van der Waals surface area contributed by atoms with Gasteiger partial charge >= 0.3 is 0 Å². The van der Waals surface area contributed by atoms with Crippen LogP contribution in [0.3, 0.4) is 0 Å². The van der Waals surface area contributed by atoms with Gasteiger partial charge < -0.3 is 9.47 Å². The van der Waals surface area contributed by atoms with Gasteiger partial charge in [-0.05, 0) is 64.6 Å². The highest BCUT2D eigenvalue weighted by atomic mass is 16.7. The Hall–Kier alpha value is -3.86. The first kappa shape index (κ1) is 21.4. The summed E-state index contributed by atoms with van der Waals surface area (Å²) in [5.74, 6) is 1.92. The summed E-state index contributed by atoms with van der Waals surface area (Å²) in [6.45, 7) is 4.51. The average Bonchev–Trinajstić information content (AvgIpc) is 2.83.